The lowest BCUT2D eigenvalue weighted by Crippen LogP contribution is -2.33. The van der Waals surface area contributed by atoms with Crippen LogP contribution in [-0.2, 0) is 6.54 Å². The fourth-order valence-electron chi connectivity index (χ4n) is 2.55. The van der Waals surface area contributed by atoms with Gasteiger partial charge in [-0.15, -0.1) is 11.3 Å². The molecule has 1 aliphatic heterocycles. The normalized spacial score (nSPS) is 15.4. The van der Waals surface area contributed by atoms with Crippen LogP contribution in [0.15, 0.2) is 29.9 Å². The third-order valence-corrected chi connectivity index (χ3v) is 4.71. The van der Waals surface area contributed by atoms with Crippen molar-refractivity contribution < 1.29 is 4.79 Å². The number of hydrogen-bond donors (Lipinski definition) is 2. The minimum absolute atomic E-state index is 0.256. The zero-order chi connectivity index (χ0) is 16.1. The van der Waals surface area contributed by atoms with Crippen LogP contribution in [0.3, 0.4) is 0 Å². The van der Waals surface area contributed by atoms with Crippen molar-refractivity contribution >= 4 is 28.3 Å². The number of nitrogens with one attached hydrogen (secondary N) is 2. The fraction of sp³-hybridized carbons (Fsp3) is 0.438. The molecule has 0 bridgehead atoms. The number of anilines is 2. The van der Waals surface area contributed by atoms with Crippen molar-refractivity contribution in [2.45, 2.75) is 26.3 Å². The monoisotopic (exact) mass is 331 g/mol. The Morgan fingerprint density at radius 2 is 2.17 bits per heavy atom. The van der Waals surface area contributed by atoms with Gasteiger partial charge in [-0.25, -0.2) is 14.8 Å². The minimum atomic E-state index is -0.256. The molecule has 0 radical (unpaired) electrons. The minimum Gasteiger partial charge on any atom is -0.357 e. The van der Waals surface area contributed by atoms with Gasteiger partial charge >= 0.3 is 6.03 Å². The maximum Gasteiger partial charge on any atom is 0.321 e. The predicted octanol–water partition coefficient (Wildman–Crippen LogP) is 3.10. The van der Waals surface area contributed by atoms with Crippen LogP contribution >= 0.6 is 11.3 Å². The zero-order valence-electron chi connectivity index (χ0n) is 13.2. The van der Waals surface area contributed by atoms with Crippen LogP contribution in [0.4, 0.5) is 15.7 Å². The number of hydrogen-bond acceptors (Lipinski definition) is 5. The average Bonchev–Trinajstić information content (AvgIpc) is 3.07. The summed E-state index contributed by atoms with van der Waals surface area (Å²) < 4.78 is 0. The molecule has 7 heteroatoms. The van der Waals surface area contributed by atoms with Crippen molar-refractivity contribution in [2.75, 3.05) is 23.3 Å². The lowest BCUT2D eigenvalue weighted by atomic mass is 9.99. The number of carbonyl (C=O) groups is 1. The Hall–Kier alpha value is -2.15. The van der Waals surface area contributed by atoms with E-state index in [4.69, 9.17) is 0 Å². The number of rotatable bonds is 4. The van der Waals surface area contributed by atoms with E-state index < -0.39 is 0 Å². The van der Waals surface area contributed by atoms with Crippen molar-refractivity contribution in [2.24, 2.45) is 5.92 Å². The van der Waals surface area contributed by atoms with E-state index in [1.165, 1.54) is 24.2 Å². The predicted molar refractivity (Wildman–Crippen MR) is 92.8 cm³/mol. The highest BCUT2D eigenvalue weighted by atomic mass is 32.1. The van der Waals surface area contributed by atoms with Gasteiger partial charge in [0.25, 0.3) is 0 Å². The van der Waals surface area contributed by atoms with Crippen LogP contribution in [0.5, 0.6) is 0 Å². The number of piperidine rings is 1. The second-order valence-corrected chi connectivity index (χ2v) is 6.73. The molecule has 0 unspecified atom stereocenters. The van der Waals surface area contributed by atoms with Gasteiger partial charge in [0.2, 0.25) is 0 Å². The van der Waals surface area contributed by atoms with Gasteiger partial charge in [0, 0.05) is 37.4 Å². The Morgan fingerprint density at radius 3 is 2.83 bits per heavy atom. The number of urea groups is 1. The number of pyridine rings is 1. The fourth-order valence-corrected chi connectivity index (χ4v) is 3.08. The van der Waals surface area contributed by atoms with Gasteiger partial charge in [0.1, 0.15) is 5.82 Å². The molecule has 0 spiro atoms. The molecule has 2 aromatic heterocycles. The summed E-state index contributed by atoms with van der Waals surface area (Å²) >= 11 is 1.39. The molecule has 1 saturated heterocycles. The molecular weight excluding hydrogens is 310 g/mol. The molecule has 6 nitrogen and oxygen atoms in total. The lowest BCUT2D eigenvalue weighted by Gasteiger charge is -2.31. The Morgan fingerprint density at radius 1 is 1.35 bits per heavy atom. The third kappa shape index (κ3) is 4.41. The van der Waals surface area contributed by atoms with Crippen LogP contribution in [0, 0.1) is 5.92 Å². The van der Waals surface area contributed by atoms with Crippen LogP contribution in [-0.4, -0.2) is 29.1 Å². The smallest absolute Gasteiger partial charge is 0.321 e. The molecule has 0 aromatic carbocycles. The molecule has 1 aliphatic rings. The van der Waals surface area contributed by atoms with Gasteiger partial charge < -0.3 is 10.2 Å². The van der Waals surface area contributed by atoms with Crippen LogP contribution < -0.4 is 15.5 Å². The van der Waals surface area contributed by atoms with Crippen LogP contribution in [0.1, 0.15) is 25.3 Å². The topological polar surface area (TPSA) is 70.2 Å². The molecule has 3 rings (SSSR count). The summed E-state index contributed by atoms with van der Waals surface area (Å²) in [5.74, 6) is 1.83. The van der Waals surface area contributed by atoms with Gasteiger partial charge in [-0.2, -0.15) is 0 Å². The SMILES string of the molecule is CC1CCN(c2ccc(CNC(=O)Nc3nccs3)cn2)CC1. The summed E-state index contributed by atoms with van der Waals surface area (Å²) in [5.41, 5.74) is 0.980. The van der Waals surface area contributed by atoms with Gasteiger partial charge in [0.05, 0.1) is 0 Å². The van der Waals surface area contributed by atoms with Crippen molar-refractivity contribution in [1.82, 2.24) is 15.3 Å². The standard InChI is InChI=1S/C16H21N5OS/c1-12-4-7-21(8-5-12)14-3-2-13(10-18-14)11-19-15(22)20-16-17-6-9-23-16/h2-3,6,9-10,12H,4-5,7-8,11H2,1H3,(H2,17,19,20,22). The highest BCUT2D eigenvalue weighted by molar-refractivity contribution is 7.13. The zero-order valence-corrected chi connectivity index (χ0v) is 14.0. The summed E-state index contributed by atoms with van der Waals surface area (Å²) in [5, 5.41) is 7.91. The molecule has 2 amide bonds. The molecule has 2 aromatic rings. The Labute approximate surface area is 140 Å². The molecule has 122 valence electrons. The molecule has 0 aliphatic carbocycles. The van der Waals surface area contributed by atoms with E-state index in [-0.39, 0.29) is 6.03 Å². The Bertz CT molecular complexity index is 620. The second-order valence-electron chi connectivity index (χ2n) is 5.84. The van der Waals surface area contributed by atoms with E-state index in [1.54, 1.807) is 6.20 Å². The number of aromatic nitrogens is 2. The Kier molecular flexibility index (Phi) is 5.07. The number of thiazole rings is 1. The van der Waals surface area contributed by atoms with Crippen LogP contribution in [0.2, 0.25) is 0 Å². The largest absolute Gasteiger partial charge is 0.357 e. The average molecular weight is 331 g/mol. The van der Waals surface area contributed by atoms with Crippen molar-refractivity contribution in [3.63, 3.8) is 0 Å². The highest BCUT2D eigenvalue weighted by Crippen LogP contribution is 2.21. The summed E-state index contributed by atoms with van der Waals surface area (Å²) in [7, 11) is 0. The maximum atomic E-state index is 11.7. The summed E-state index contributed by atoms with van der Waals surface area (Å²) in [4.78, 5) is 22.6. The molecule has 1 fully saturated rings. The molecule has 23 heavy (non-hydrogen) atoms. The van der Waals surface area contributed by atoms with E-state index in [9.17, 15) is 4.79 Å². The number of carbonyl (C=O) groups excluding carboxylic acids is 1. The third-order valence-electron chi connectivity index (χ3n) is 4.02. The highest BCUT2D eigenvalue weighted by Gasteiger charge is 2.16. The van der Waals surface area contributed by atoms with Gasteiger partial charge in [-0.05, 0) is 30.4 Å². The van der Waals surface area contributed by atoms with E-state index in [0.717, 1.165) is 30.4 Å². The van der Waals surface area contributed by atoms with Crippen molar-refractivity contribution in [3.8, 4) is 0 Å². The van der Waals surface area contributed by atoms with Crippen LogP contribution in [0.25, 0.3) is 0 Å². The first-order chi connectivity index (χ1) is 11.2. The van der Waals surface area contributed by atoms with Gasteiger partial charge in [0.15, 0.2) is 5.13 Å². The first-order valence-corrected chi connectivity index (χ1v) is 8.73. The lowest BCUT2D eigenvalue weighted by molar-refractivity contribution is 0.251. The Balaban J connectivity index is 1.48. The van der Waals surface area contributed by atoms with E-state index in [1.807, 2.05) is 23.7 Å². The van der Waals surface area contributed by atoms with E-state index in [0.29, 0.717) is 11.7 Å². The summed E-state index contributed by atoms with van der Waals surface area (Å²) in [6, 6.07) is 3.80. The van der Waals surface area contributed by atoms with Gasteiger partial charge in [-0.3, -0.25) is 5.32 Å². The first-order valence-electron chi connectivity index (χ1n) is 7.85. The molecule has 0 atom stereocenters. The molecular formula is C16H21N5OS. The maximum absolute atomic E-state index is 11.7. The first kappa shape index (κ1) is 15.7. The number of amides is 2. The van der Waals surface area contributed by atoms with Gasteiger partial charge in [-0.1, -0.05) is 13.0 Å². The molecule has 2 N–H and O–H groups in total. The quantitative estimate of drug-likeness (QED) is 0.903. The molecule has 3 heterocycles. The summed E-state index contributed by atoms with van der Waals surface area (Å²) in [6.07, 6.45) is 5.94. The van der Waals surface area contributed by atoms with Crippen molar-refractivity contribution in [1.29, 1.82) is 0 Å². The second kappa shape index (κ2) is 7.41. The van der Waals surface area contributed by atoms with E-state index in [2.05, 4.69) is 32.4 Å². The molecule has 0 saturated carbocycles. The number of nitrogens with zero attached hydrogens (tertiary/aromatic N) is 3. The van der Waals surface area contributed by atoms with E-state index >= 15 is 0 Å². The summed E-state index contributed by atoms with van der Waals surface area (Å²) in [6.45, 7) is 4.89. The van der Waals surface area contributed by atoms with Crippen molar-refractivity contribution in [3.05, 3.63) is 35.5 Å².